The van der Waals surface area contributed by atoms with Gasteiger partial charge in [-0.1, -0.05) is 31.4 Å². The van der Waals surface area contributed by atoms with Gasteiger partial charge in [0, 0.05) is 31.0 Å². The van der Waals surface area contributed by atoms with Crippen LogP contribution in [0.5, 0.6) is 0 Å². The quantitative estimate of drug-likeness (QED) is 0.443. The van der Waals surface area contributed by atoms with Crippen LogP contribution in [0.2, 0.25) is 5.02 Å². The number of halogens is 1. The maximum absolute atomic E-state index is 11.8. The Morgan fingerprint density at radius 1 is 1.08 bits per heavy atom. The monoisotopic (exact) mass is 553 g/mol. The second-order valence-corrected chi connectivity index (χ2v) is 11.9. The number of anilines is 1. The molecule has 3 aromatic rings. The zero-order chi connectivity index (χ0) is 27.3. The smallest absolute Gasteiger partial charge is 0.372 e. The number of carbonyl (C=O) groups excluding carboxylic acids is 1. The number of imidazole rings is 1. The number of nitrogens with zero attached hydrogens (tertiary/aromatic N) is 5. The Hall–Kier alpha value is -2.95. The zero-order valence-corrected chi connectivity index (χ0v) is 23.6. The van der Waals surface area contributed by atoms with Crippen molar-refractivity contribution < 1.29 is 14.4 Å². The first-order valence-electron chi connectivity index (χ1n) is 13.9. The molecule has 3 fully saturated rings. The summed E-state index contributed by atoms with van der Waals surface area (Å²) in [6.07, 6.45) is 7.28. The SMILES string of the molecule is CC1CCC(Cn2c(N3CC(C)O[C@H](C)[C@H]3C)nc3cc(C4NOC(=O)N4)nc(-c4cncc(Cl)c4)c32)CC1. The molecule has 39 heavy (non-hydrogen) atoms. The highest BCUT2D eigenvalue weighted by Crippen LogP contribution is 2.38. The average molecular weight is 554 g/mol. The van der Waals surface area contributed by atoms with Crippen LogP contribution in [0.25, 0.3) is 22.3 Å². The summed E-state index contributed by atoms with van der Waals surface area (Å²) >= 11 is 6.39. The fraction of sp³-hybridized carbons (Fsp3) is 0.571. The molecular weight excluding hydrogens is 518 g/mol. The number of pyridine rings is 2. The van der Waals surface area contributed by atoms with Crippen molar-refractivity contribution in [2.45, 2.75) is 84.3 Å². The first kappa shape index (κ1) is 26.3. The highest BCUT2D eigenvalue weighted by molar-refractivity contribution is 6.30. The van der Waals surface area contributed by atoms with E-state index in [0.717, 1.165) is 47.2 Å². The van der Waals surface area contributed by atoms with E-state index in [1.165, 1.54) is 25.7 Å². The molecule has 0 bridgehead atoms. The maximum Gasteiger partial charge on any atom is 0.427 e. The summed E-state index contributed by atoms with van der Waals surface area (Å²) < 4.78 is 8.51. The zero-order valence-electron chi connectivity index (χ0n) is 22.9. The second kappa shape index (κ2) is 10.6. The number of hydrogen-bond donors (Lipinski definition) is 2. The molecule has 4 atom stereocenters. The van der Waals surface area contributed by atoms with Crippen molar-refractivity contribution in [2.24, 2.45) is 11.8 Å². The molecular formula is C28H36ClN7O3. The Morgan fingerprint density at radius 2 is 1.87 bits per heavy atom. The molecule has 1 saturated carbocycles. The van der Waals surface area contributed by atoms with Crippen molar-refractivity contribution in [2.75, 3.05) is 11.4 Å². The van der Waals surface area contributed by atoms with Gasteiger partial charge >= 0.3 is 6.09 Å². The lowest BCUT2D eigenvalue weighted by atomic mass is 9.83. The molecule has 3 aromatic heterocycles. The largest absolute Gasteiger partial charge is 0.427 e. The normalized spacial score (nSPS) is 29.5. The number of carbonyl (C=O) groups is 1. The van der Waals surface area contributed by atoms with Crippen LogP contribution in [0, 0.1) is 11.8 Å². The molecule has 0 radical (unpaired) electrons. The van der Waals surface area contributed by atoms with Crippen LogP contribution in [0.15, 0.2) is 24.5 Å². The Balaban J connectivity index is 1.55. The first-order valence-corrected chi connectivity index (χ1v) is 14.3. The predicted octanol–water partition coefficient (Wildman–Crippen LogP) is 5.22. The molecule has 10 nitrogen and oxygen atoms in total. The molecule has 6 rings (SSSR count). The average Bonchev–Trinajstić information content (AvgIpc) is 3.50. The Bertz CT molecular complexity index is 1370. The molecule has 2 saturated heterocycles. The number of fused-ring (bicyclic) bond motifs is 1. The lowest BCUT2D eigenvalue weighted by Gasteiger charge is -2.42. The predicted molar refractivity (Wildman–Crippen MR) is 149 cm³/mol. The van der Waals surface area contributed by atoms with Gasteiger partial charge in [-0.05, 0) is 57.6 Å². The van der Waals surface area contributed by atoms with Gasteiger partial charge in [0.15, 0.2) is 6.17 Å². The topological polar surface area (TPSA) is 106 Å². The number of nitrogens with one attached hydrogen (secondary N) is 2. The number of amides is 1. The molecule has 1 aliphatic carbocycles. The van der Waals surface area contributed by atoms with E-state index >= 15 is 0 Å². The van der Waals surface area contributed by atoms with E-state index in [-0.39, 0.29) is 18.2 Å². The van der Waals surface area contributed by atoms with Crippen LogP contribution < -0.4 is 15.7 Å². The maximum atomic E-state index is 11.8. The van der Waals surface area contributed by atoms with Gasteiger partial charge in [0.2, 0.25) is 5.95 Å². The van der Waals surface area contributed by atoms with Gasteiger partial charge in [0.1, 0.15) is 0 Å². The van der Waals surface area contributed by atoms with Crippen LogP contribution in [-0.4, -0.2) is 50.4 Å². The number of hydroxylamine groups is 1. The summed E-state index contributed by atoms with van der Waals surface area (Å²) in [7, 11) is 0. The third-order valence-corrected chi connectivity index (χ3v) is 8.64. The molecule has 0 aromatic carbocycles. The van der Waals surface area contributed by atoms with E-state index in [9.17, 15) is 4.79 Å². The molecule has 3 aliphatic rings. The molecule has 208 valence electrons. The minimum Gasteiger partial charge on any atom is -0.372 e. The summed E-state index contributed by atoms with van der Waals surface area (Å²) in [5, 5.41) is 3.29. The van der Waals surface area contributed by atoms with Gasteiger partial charge in [-0.2, -0.15) is 0 Å². The van der Waals surface area contributed by atoms with Gasteiger partial charge in [-0.3, -0.25) is 10.3 Å². The van der Waals surface area contributed by atoms with Crippen molar-refractivity contribution in [1.82, 2.24) is 30.3 Å². The second-order valence-electron chi connectivity index (χ2n) is 11.4. The summed E-state index contributed by atoms with van der Waals surface area (Å²) in [6.45, 7) is 10.4. The van der Waals surface area contributed by atoms with Crippen molar-refractivity contribution in [3.05, 3.63) is 35.2 Å². The molecule has 2 N–H and O–H groups in total. The van der Waals surface area contributed by atoms with Crippen molar-refractivity contribution in [3.8, 4) is 11.3 Å². The third kappa shape index (κ3) is 5.17. The van der Waals surface area contributed by atoms with Gasteiger partial charge in [0.25, 0.3) is 0 Å². The van der Waals surface area contributed by atoms with Gasteiger partial charge in [-0.25, -0.2) is 14.8 Å². The van der Waals surface area contributed by atoms with Crippen LogP contribution in [-0.2, 0) is 16.1 Å². The fourth-order valence-corrected chi connectivity index (χ4v) is 6.30. The van der Waals surface area contributed by atoms with E-state index in [1.54, 1.807) is 12.4 Å². The van der Waals surface area contributed by atoms with Crippen LogP contribution in [0.1, 0.15) is 65.2 Å². The Labute approximate surface area is 233 Å². The standard InChI is InChI=1S/C28H36ClN7O3/c1-15-5-7-19(8-6-15)14-36-25-22(32-27(36)35-13-16(2)38-18(4)17(35)3)10-23(26-33-28(37)39-34-26)31-24(25)20-9-21(29)12-30-11-20/h9-12,15-19,26,34H,5-8,13-14H2,1-4H3,(H,33,37)/t15?,16?,17-,18-,19?,26?/m1/s1. The van der Waals surface area contributed by atoms with Crippen molar-refractivity contribution in [3.63, 3.8) is 0 Å². The highest BCUT2D eigenvalue weighted by Gasteiger charge is 2.35. The lowest BCUT2D eigenvalue weighted by molar-refractivity contribution is -0.0265. The Morgan fingerprint density at radius 3 is 2.59 bits per heavy atom. The molecule has 2 unspecified atom stereocenters. The van der Waals surface area contributed by atoms with E-state index in [1.807, 2.05) is 12.1 Å². The summed E-state index contributed by atoms with van der Waals surface area (Å²) in [4.78, 5) is 33.8. The number of aromatic nitrogens is 4. The third-order valence-electron chi connectivity index (χ3n) is 8.43. The number of ether oxygens (including phenoxy) is 1. The van der Waals surface area contributed by atoms with Gasteiger partial charge in [0.05, 0.1) is 45.7 Å². The molecule has 5 heterocycles. The molecule has 1 amide bonds. The van der Waals surface area contributed by atoms with Crippen LogP contribution >= 0.6 is 11.6 Å². The summed E-state index contributed by atoms with van der Waals surface area (Å²) in [6, 6.07) is 3.96. The number of morpholine rings is 1. The van der Waals surface area contributed by atoms with Crippen LogP contribution in [0.3, 0.4) is 0 Å². The lowest BCUT2D eigenvalue weighted by Crippen LogP contribution is -2.53. The van der Waals surface area contributed by atoms with E-state index in [0.29, 0.717) is 16.6 Å². The Kier molecular flexibility index (Phi) is 7.11. The number of rotatable bonds is 5. The van der Waals surface area contributed by atoms with Gasteiger partial charge in [-0.15, -0.1) is 5.48 Å². The van der Waals surface area contributed by atoms with Crippen LogP contribution in [0.4, 0.5) is 10.7 Å². The van der Waals surface area contributed by atoms with Gasteiger partial charge < -0.3 is 19.0 Å². The highest BCUT2D eigenvalue weighted by atomic mass is 35.5. The minimum atomic E-state index is -0.594. The first-order chi connectivity index (χ1) is 18.8. The molecule has 2 aliphatic heterocycles. The summed E-state index contributed by atoms with van der Waals surface area (Å²) in [5.74, 6) is 2.25. The van der Waals surface area contributed by atoms with Crippen molar-refractivity contribution in [1.29, 1.82) is 0 Å². The minimum absolute atomic E-state index is 0.0675. The van der Waals surface area contributed by atoms with E-state index in [4.69, 9.17) is 31.1 Å². The van der Waals surface area contributed by atoms with E-state index in [2.05, 4.69) is 52.9 Å². The fourth-order valence-electron chi connectivity index (χ4n) is 6.12. The molecule has 0 spiro atoms. The number of hydrogen-bond acceptors (Lipinski definition) is 8. The molecule has 11 heteroatoms. The van der Waals surface area contributed by atoms with Crippen molar-refractivity contribution >= 4 is 34.7 Å². The van der Waals surface area contributed by atoms with E-state index < -0.39 is 12.3 Å². The summed E-state index contributed by atoms with van der Waals surface area (Å²) in [5.41, 5.74) is 6.59.